The number of carbonyl (C=O) groups excluding carboxylic acids is 1. The minimum atomic E-state index is -0.242. The molecule has 0 bridgehead atoms. The summed E-state index contributed by atoms with van der Waals surface area (Å²) in [6.45, 7) is 5.91. The third-order valence-corrected chi connectivity index (χ3v) is 4.00. The number of piperidine rings is 1. The summed E-state index contributed by atoms with van der Waals surface area (Å²) in [5.41, 5.74) is -0.242. The SMILES string of the molecule is CCCC1(C(=O)NC(C)c2ccco2)CCCNC1. The van der Waals surface area contributed by atoms with E-state index in [0.29, 0.717) is 0 Å². The zero-order valence-corrected chi connectivity index (χ0v) is 11.9. The molecule has 1 aromatic rings. The molecule has 106 valence electrons. The molecule has 2 rings (SSSR count). The predicted octanol–water partition coefficient (Wildman–Crippen LogP) is 2.63. The molecule has 1 aliphatic heterocycles. The van der Waals surface area contributed by atoms with Gasteiger partial charge in [0.05, 0.1) is 17.7 Å². The molecule has 1 fully saturated rings. The molecule has 0 saturated carbocycles. The number of hydrogen-bond acceptors (Lipinski definition) is 3. The van der Waals surface area contributed by atoms with E-state index in [1.54, 1.807) is 6.26 Å². The van der Waals surface area contributed by atoms with Crippen molar-refractivity contribution in [3.8, 4) is 0 Å². The van der Waals surface area contributed by atoms with Crippen LogP contribution < -0.4 is 10.6 Å². The Morgan fingerprint density at radius 2 is 2.47 bits per heavy atom. The first-order valence-corrected chi connectivity index (χ1v) is 7.23. The van der Waals surface area contributed by atoms with Crippen LogP contribution in [-0.2, 0) is 4.79 Å². The number of furan rings is 1. The molecule has 2 unspecified atom stereocenters. The average Bonchev–Trinajstić information content (AvgIpc) is 2.94. The van der Waals surface area contributed by atoms with Gasteiger partial charge in [-0.1, -0.05) is 13.3 Å². The number of carbonyl (C=O) groups is 1. The molecule has 1 amide bonds. The van der Waals surface area contributed by atoms with Crippen LogP contribution in [0.5, 0.6) is 0 Å². The second-order valence-corrected chi connectivity index (χ2v) is 5.52. The summed E-state index contributed by atoms with van der Waals surface area (Å²) in [5.74, 6) is 0.967. The fourth-order valence-corrected chi connectivity index (χ4v) is 2.93. The highest BCUT2D eigenvalue weighted by Gasteiger charge is 2.39. The van der Waals surface area contributed by atoms with Gasteiger partial charge in [-0.2, -0.15) is 0 Å². The van der Waals surface area contributed by atoms with Gasteiger partial charge < -0.3 is 15.1 Å². The van der Waals surface area contributed by atoms with Gasteiger partial charge in [0.2, 0.25) is 5.91 Å². The maximum atomic E-state index is 12.6. The third-order valence-electron chi connectivity index (χ3n) is 4.00. The third kappa shape index (κ3) is 3.18. The van der Waals surface area contributed by atoms with E-state index in [1.165, 1.54) is 0 Å². The van der Waals surface area contributed by atoms with Gasteiger partial charge in [-0.05, 0) is 44.9 Å². The minimum absolute atomic E-state index is 0.0712. The van der Waals surface area contributed by atoms with Gasteiger partial charge in [0.1, 0.15) is 5.76 Å². The quantitative estimate of drug-likeness (QED) is 0.859. The van der Waals surface area contributed by atoms with Gasteiger partial charge in [-0.15, -0.1) is 0 Å². The van der Waals surface area contributed by atoms with Crippen LogP contribution in [-0.4, -0.2) is 19.0 Å². The van der Waals surface area contributed by atoms with Gasteiger partial charge in [-0.25, -0.2) is 0 Å². The van der Waals surface area contributed by atoms with E-state index in [-0.39, 0.29) is 17.4 Å². The Morgan fingerprint density at radius 1 is 1.63 bits per heavy atom. The van der Waals surface area contributed by atoms with Crippen LogP contribution in [0.4, 0.5) is 0 Å². The molecule has 2 atom stereocenters. The second kappa shape index (κ2) is 6.24. The minimum Gasteiger partial charge on any atom is -0.467 e. The second-order valence-electron chi connectivity index (χ2n) is 5.52. The summed E-state index contributed by atoms with van der Waals surface area (Å²) in [6, 6.07) is 3.68. The van der Waals surface area contributed by atoms with Gasteiger partial charge in [0, 0.05) is 6.54 Å². The van der Waals surface area contributed by atoms with E-state index < -0.39 is 0 Å². The van der Waals surface area contributed by atoms with Gasteiger partial charge in [0.15, 0.2) is 0 Å². The first kappa shape index (κ1) is 14.1. The lowest BCUT2D eigenvalue weighted by Gasteiger charge is -2.36. The van der Waals surface area contributed by atoms with Crippen LogP contribution in [0, 0.1) is 5.41 Å². The monoisotopic (exact) mass is 264 g/mol. The highest BCUT2D eigenvalue weighted by atomic mass is 16.3. The van der Waals surface area contributed by atoms with Gasteiger partial charge >= 0.3 is 0 Å². The average molecular weight is 264 g/mol. The summed E-state index contributed by atoms with van der Waals surface area (Å²) >= 11 is 0. The van der Waals surface area contributed by atoms with E-state index in [4.69, 9.17) is 4.42 Å². The van der Waals surface area contributed by atoms with Gasteiger partial charge in [0.25, 0.3) is 0 Å². The van der Waals surface area contributed by atoms with E-state index >= 15 is 0 Å². The molecule has 1 saturated heterocycles. The lowest BCUT2D eigenvalue weighted by molar-refractivity contribution is -0.133. The Hall–Kier alpha value is -1.29. The smallest absolute Gasteiger partial charge is 0.228 e. The van der Waals surface area contributed by atoms with Crippen LogP contribution in [0.1, 0.15) is 51.3 Å². The molecular formula is C15H24N2O2. The van der Waals surface area contributed by atoms with Crippen molar-refractivity contribution in [2.24, 2.45) is 5.41 Å². The summed E-state index contributed by atoms with van der Waals surface area (Å²) in [7, 11) is 0. The number of rotatable bonds is 5. The standard InChI is InChI=1S/C15H24N2O2/c1-3-7-15(8-5-9-16-11-15)14(18)17-12(2)13-6-4-10-19-13/h4,6,10,12,16H,3,5,7-9,11H2,1-2H3,(H,17,18). The zero-order chi connectivity index (χ0) is 13.7. The van der Waals surface area contributed by atoms with Crippen LogP contribution in [0.25, 0.3) is 0 Å². The van der Waals surface area contributed by atoms with Crippen molar-refractivity contribution in [1.82, 2.24) is 10.6 Å². The molecule has 1 aliphatic rings. The highest BCUT2D eigenvalue weighted by Crippen LogP contribution is 2.32. The van der Waals surface area contributed by atoms with Crippen LogP contribution in [0.2, 0.25) is 0 Å². The fraction of sp³-hybridized carbons (Fsp3) is 0.667. The molecule has 4 nitrogen and oxygen atoms in total. The lowest BCUT2D eigenvalue weighted by atomic mass is 9.76. The summed E-state index contributed by atoms with van der Waals surface area (Å²) in [4.78, 5) is 12.6. The number of amides is 1. The number of nitrogens with one attached hydrogen (secondary N) is 2. The maximum absolute atomic E-state index is 12.6. The summed E-state index contributed by atoms with van der Waals surface area (Å²) < 4.78 is 5.35. The van der Waals surface area contributed by atoms with E-state index in [0.717, 1.165) is 44.5 Å². The molecule has 4 heteroatoms. The molecule has 19 heavy (non-hydrogen) atoms. The topological polar surface area (TPSA) is 54.3 Å². The lowest BCUT2D eigenvalue weighted by Crippen LogP contribution is -2.50. The largest absolute Gasteiger partial charge is 0.467 e. The molecule has 0 aliphatic carbocycles. The Kier molecular flexibility index (Phi) is 4.64. The predicted molar refractivity (Wildman–Crippen MR) is 74.7 cm³/mol. The molecule has 2 heterocycles. The van der Waals surface area contributed by atoms with Crippen molar-refractivity contribution >= 4 is 5.91 Å². The van der Waals surface area contributed by atoms with Crippen molar-refractivity contribution in [3.05, 3.63) is 24.2 Å². The molecule has 1 aromatic heterocycles. The van der Waals surface area contributed by atoms with E-state index in [2.05, 4.69) is 17.6 Å². The van der Waals surface area contributed by atoms with Crippen molar-refractivity contribution in [3.63, 3.8) is 0 Å². The molecular weight excluding hydrogens is 240 g/mol. The van der Waals surface area contributed by atoms with E-state index in [1.807, 2.05) is 19.1 Å². The molecule has 0 aromatic carbocycles. The van der Waals surface area contributed by atoms with Crippen molar-refractivity contribution < 1.29 is 9.21 Å². The summed E-state index contributed by atoms with van der Waals surface area (Å²) in [5, 5.41) is 6.47. The first-order chi connectivity index (χ1) is 9.18. The molecule has 0 spiro atoms. The van der Waals surface area contributed by atoms with Gasteiger partial charge in [-0.3, -0.25) is 4.79 Å². The Labute approximate surface area is 114 Å². The van der Waals surface area contributed by atoms with Crippen molar-refractivity contribution in [2.45, 2.75) is 45.6 Å². The van der Waals surface area contributed by atoms with Crippen molar-refractivity contribution in [2.75, 3.05) is 13.1 Å². The Morgan fingerprint density at radius 3 is 3.05 bits per heavy atom. The summed E-state index contributed by atoms with van der Waals surface area (Å²) in [6.07, 6.45) is 5.66. The highest BCUT2D eigenvalue weighted by molar-refractivity contribution is 5.83. The Bertz CT molecular complexity index is 389. The molecule has 0 radical (unpaired) electrons. The zero-order valence-electron chi connectivity index (χ0n) is 11.9. The first-order valence-electron chi connectivity index (χ1n) is 7.23. The van der Waals surface area contributed by atoms with E-state index in [9.17, 15) is 4.79 Å². The maximum Gasteiger partial charge on any atom is 0.228 e. The Balaban J connectivity index is 2.03. The molecule has 2 N–H and O–H groups in total. The van der Waals surface area contributed by atoms with Crippen LogP contribution in [0.3, 0.4) is 0 Å². The normalized spacial score (nSPS) is 24.9. The van der Waals surface area contributed by atoms with Crippen LogP contribution >= 0.6 is 0 Å². The van der Waals surface area contributed by atoms with Crippen LogP contribution in [0.15, 0.2) is 22.8 Å². The fourth-order valence-electron chi connectivity index (χ4n) is 2.93. The van der Waals surface area contributed by atoms with Crippen molar-refractivity contribution in [1.29, 1.82) is 0 Å². The number of hydrogen-bond donors (Lipinski definition) is 2.